The molecule has 0 radical (unpaired) electrons. The second-order valence-electron chi connectivity index (χ2n) is 4.96. The number of primary amides is 1. The summed E-state index contributed by atoms with van der Waals surface area (Å²) >= 11 is 0. The molecular formula is C15H17NO3S. The van der Waals surface area contributed by atoms with E-state index in [1.54, 1.807) is 19.1 Å². The van der Waals surface area contributed by atoms with Crippen molar-refractivity contribution in [1.82, 2.24) is 0 Å². The van der Waals surface area contributed by atoms with Gasteiger partial charge < -0.3 is 5.73 Å². The van der Waals surface area contributed by atoms with Gasteiger partial charge in [-0.15, -0.1) is 0 Å². The summed E-state index contributed by atoms with van der Waals surface area (Å²) in [6.07, 6.45) is 4.46. The Kier molecular flexibility index (Phi) is 3.81. The van der Waals surface area contributed by atoms with Gasteiger partial charge in [-0.25, -0.2) is 8.42 Å². The van der Waals surface area contributed by atoms with Crippen molar-refractivity contribution in [3.8, 4) is 0 Å². The van der Waals surface area contributed by atoms with Gasteiger partial charge in [0.25, 0.3) is 0 Å². The van der Waals surface area contributed by atoms with Gasteiger partial charge in [0.1, 0.15) is 4.75 Å². The molecule has 106 valence electrons. The van der Waals surface area contributed by atoms with Crippen LogP contribution in [-0.2, 0) is 14.6 Å². The normalized spacial score (nSPS) is 25.2. The summed E-state index contributed by atoms with van der Waals surface area (Å²) in [5.41, 5.74) is 6.14. The van der Waals surface area contributed by atoms with Crippen LogP contribution in [0.3, 0.4) is 0 Å². The summed E-state index contributed by atoms with van der Waals surface area (Å²) < 4.78 is 23.7. The molecule has 5 heteroatoms. The smallest absolute Gasteiger partial charge is 0.219 e. The molecule has 2 atom stereocenters. The van der Waals surface area contributed by atoms with E-state index in [1.807, 2.05) is 30.3 Å². The van der Waals surface area contributed by atoms with Crippen molar-refractivity contribution < 1.29 is 13.2 Å². The van der Waals surface area contributed by atoms with Crippen LogP contribution in [0.5, 0.6) is 0 Å². The average molecular weight is 291 g/mol. The molecule has 1 aromatic carbocycles. The predicted octanol–water partition coefficient (Wildman–Crippen LogP) is 1.90. The van der Waals surface area contributed by atoms with E-state index in [0.29, 0.717) is 0 Å². The van der Waals surface area contributed by atoms with Gasteiger partial charge in [0.15, 0.2) is 9.84 Å². The zero-order valence-corrected chi connectivity index (χ0v) is 12.0. The molecule has 20 heavy (non-hydrogen) atoms. The van der Waals surface area contributed by atoms with Gasteiger partial charge in [0, 0.05) is 11.3 Å². The number of hydrogen-bond acceptors (Lipinski definition) is 3. The Morgan fingerprint density at radius 3 is 2.45 bits per heavy atom. The Bertz CT molecular complexity index is 662. The molecule has 1 aliphatic heterocycles. The van der Waals surface area contributed by atoms with Crippen LogP contribution in [0.1, 0.15) is 24.8 Å². The Morgan fingerprint density at radius 1 is 1.25 bits per heavy atom. The Labute approximate surface area is 118 Å². The number of sulfone groups is 1. The molecule has 1 amide bonds. The van der Waals surface area contributed by atoms with Crippen molar-refractivity contribution in [2.45, 2.75) is 24.0 Å². The van der Waals surface area contributed by atoms with Crippen molar-refractivity contribution in [2.75, 3.05) is 0 Å². The van der Waals surface area contributed by atoms with Gasteiger partial charge in [-0.1, -0.05) is 55.5 Å². The fourth-order valence-electron chi connectivity index (χ4n) is 2.59. The van der Waals surface area contributed by atoms with Crippen LogP contribution in [0.4, 0.5) is 0 Å². The number of rotatable bonds is 4. The van der Waals surface area contributed by atoms with E-state index in [2.05, 4.69) is 0 Å². The quantitative estimate of drug-likeness (QED) is 0.920. The Morgan fingerprint density at radius 2 is 1.90 bits per heavy atom. The Balaban J connectivity index is 2.57. The monoisotopic (exact) mass is 291 g/mol. The van der Waals surface area contributed by atoms with Gasteiger partial charge in [0.2, 0.25) is 5.91 Å². The van der Waals surface area contributed by atoms with Crippen LogP contribution in [0.2, 0.25) is 0 Å². The first kappa shape index (κ1) is 14.5. The van der Waals surface area contributed by atoms with E-state index in [1.165, 1.54) is 6.08 Å². The summed E-state index contributed by atoms with van der Waals surface area (Å²) in [6, 6.07) is 9.27. The van der Waals surface area contributed by atoms with Gasteiger partial charge >= 0.3 is 0 Å². The summed E-state index contributed by atoms with van der Waals surface area (Å²) in [7, 11) is -3.60. The van der Waals surface area contributed by atoms with E-state index in [9.17, 15) is 13.2 Å². The molecule has 0 aliphatic carbocycles. The van der Waals surface area contributed by atoms with Gasteiger partial charge in [-0.05, 0) is 5.56 Å². The lowest BCUT2D eigenvalue weighted by molar-refractivity contribution is -0.118. The van der Waals surface area contributed by atoms with E-state index in [-0.39, 0.29) is 12.3 Å². The van der Waals surface area contributed by atoms with Crippen molar-refractivity contribution in [1.29, 1.82) is 0 Å². The molecule has 0 saturated carbocycles. The molecule has 0 spiro atoms. The van der Waals surface area contributed by atoms with Gasteiger partial charge in [-0.3, -0.25) is 4.79 Å². The van der Waals surface area contributed by atoms with Crippen LogP contribution < -0.4 is 5.73 Å². The number of nitrogens with two attached hydrogens (primary N) is 1. The van der Waals surface area contributed by atoms with Crippen molar-refractivity contribution in [2.24, 2.45) is 5.73 Å². The van der Waals surface area contributed by atoms with Crippen LogP contribution >= 0.6 is 0 Å². The molecule has 0 saturated heterocycles. The van der Waals surface area contributed by atoms with Crippen molar-refractivity contribution in [3.63, 3.8) is 0 Å². The number of benzene rings is 1. The lowest BCUT2D eigenvalue weighted by atomic mass is 9.83. The molecular weight excluding hydrogens is 274 g/mol. The number of carbonyl (C=O) groups excluding carboxylic acids is 1. The second kappa shape index (κ2) is 5.25. The average Bonchev–Trinajstić information content (AvgIpc) is 2.41. The van der Waals surface area contributed by atoms with Crippen LogP contribution in [0.25, 0.3) is 0 Å². The predicted molar refractivity (Wildman–Crippen MR) is 78.6 cm³/mol. The highest BCUT2D eigenvalue weighted by Crippen LogP contribution is 2.41. The van der Waals surface area contributed by atoms with E-state index in [0.717, 1.165) is 11.0 Å². The molecule has 2 N–H and O–H groups in total. The molecule has 4 nitrogen and oxygen atoms in total. The topological polar surface area (TPSA) is 77.2 Å². The third-order valence-electron chi connectivity index (χ3n) is 3.76. The highest BCUT2D eigenvalue weighted by molar-refractivity contribution is 7.96. The third-order valence-corrected chi connectivity index (χ3v) is 5.97. The Hall–Kier alpha value is -1.88. The van der Waals surface area contributed by atoms with Crippen LogP contribution in [-0.4, -0.2) is 19.1 Å². The van der Waals surface area contributed by atoms with Crippen LogP contribution in [0, 0.1) is 0 Å². The molecule has 1 unspecified atom stereocenters. The molecule has 0 bridgehead atoms. The van der Waals surface area contributed by atoms with E-state index in [4.69, 9.17) is 5.73 Å². The maximum Gasteiger partial charge on any atom is 0.219 e. The van der Waals surface area contributed by atoms with Crippen molar-refractivity contribution >= 4 is 15.7 Å². The summed E-state index contributed by atoms with van der Waals surface area (Å²) in [4.78, 5) is 11.4. The molecule has 0 aromatic heterocycles. The molecule has 1 aliphatic rings. The SMILES string of the molecule is C[C@H](c1ccccc1)C1(CC(N)=O)C=CC=CS1(=O)=O. The lowest BCUT2D eigenvalue weighted by Gasteiger charge is -2.35. The number of amides is 1. The first-order chi connectivity index (χ1) is 9.39. The van der Waals surface area contributed by atoms with E-state index < -0.39 is 20.5 Å². The summed E-state index contributed by atoms with van der Waals surface area (Å²) in [6.45, 7) is 1.80. The standard InChI is InChI=1S/C15H17NO3S/c1-12(13-7-3-2-4-8-13)15(11-14(16)17)9-5-6-10-20(15,18)19/h2-10,12H,11H2,1H3,(H2,16,17)/t12-,15?/m1/s1. The number of hydrogen-bond donors (Lipinski definition) is 1. The maximum atomic E-state index is 12.5. The van der Waals surface area contributed by atoms with Gasteiger partial charge in [-0.2, -0.15) is 0 Å². The van der Waals surface area contributed by atoms with Crippen molar-refractivity contribution in [3.05, 3.63) is 59.5 Å². The lowest BCUT2D eigenvalue weighted by Crippen LogP contribution is -2.44. The third kappa shape index (κ3) is 2.41. The molecule has 0 fully saturated rings. The minimum absolute atomic E-state index is 0.230. The zero-order valence-electron chi connectivity index (χ0n) is 11.2. The highest BCUT2D eigenvalue weighted by atomic mass is 32.2. The molecule has 2 rings (SSSR count). The summed E-state index contributed by atoms with van der Waals surface area (Å²) in [5.74, 6) is -1.00. The number of carbonyl (C=O) groups is 1. The van der Waals surface area contributed by atoms with Crippen LogP contribution in [0.15, 0.2) is 54.0 Å². The minimum atomic E-state index is -3.60. The largest absolute Gasteiger partial charge is 0.370 e. The zero-order chi connectivity index (χ0) is 14.8. The summed E-state index contributed by atoms with van der Waals surface area (Å²) in [5, 5.41) is 1.15. The molecule has 1 heterocycles. The minimum Gasteiger partial charge on any atom is -0.370 e. The van der Waals surface area contributed by atoms with Gasteiger partial charge in [0.05, 0.1) is 6.42 Å². The highest BCUT2D eigenvalue weighted by Gasteiger charge is 2.47. The van der Waals surface area contributed by atoms with E-state index >= 15 is 0 Å². The second-order valence-corrected chi connectivity index (χ2v) is 7.09. The number of allylic oxidation sites excluding steroid dienone is 2. The molecule has 1 aromatic rings. The maximum absolute atomic E-state index is 12.5. The first-order valence-corrected chi connectivity index (χ1v) is 7.87. The fraction of sp³-hybridized carbons (Fsp3) is 0.267. The fourth-order valence-corrected chi connectivity index (χ4v) is 4.38. The first-order valence-electron chi connectivity index (χ1n) is 6.33.